The summed E-state index contributed by atoms with van der Waals surface area (Å²) in [5.74, 6) is -0.0993. The van der Waals surface area contributed by atoms with Crippen molar-refractivity contribution >= 4 is 5.91 Å². The maximum atomic E-state index is 11.3. The van der Waals surface area contributed by atoms with Crippen molar-refractivity contribution < 1.29 is 14.3 Å². The van der Waals surface area contributed by atoms with Gasteiger partial charge in [0.2, 0.25) is 0 Å². The Morgan fingerprint density at radius 3 is 2.73 bits per heavy atom. The standard InChI is InChI=1S/C9H15NO3.C2H6/c1-2-3-4-10-9(11)8-7-12-5-6-13-8;1-2/h2-3,8H,4-7H2,1H3,(H,10,11);1-2H3/b3-2+;. The van der Waals surface area contributed by atoms with Crippen molar-refractivity contribution in [1.82, 2.24) is 5.32 Å². The van der Waals surface area contributed by atoms with E-state index in [0.29, 0.717) is 26.4 Å². The molecular formula is C11H21NO3. The molecule has 1 aliphatic rings. The molecule has 0 saturated carbocycles. The zero-order chi connectivity index (χ0) is 11.5. The van der Waals surface area contributed by atoms with E-state index in [9.17, 15) is 4.79 Å². The number of allylic oxidation sites excluding steroid dienone is 1. The van der Waals surface area contributed by atoms with Gasteiger partial charge in [-0.25, -0.2) is 0 Å². The van der Waals surface area contributed by atoms with Gasteiger partial charge < -0.3 is 14.8 Å². The summed E-state index contributed by atoms with van der Waals surface area (Å²) < 4.78 is 10.3. The first kappa shape index (κ1) is 14.1. The topological polar surface area (TPSA) is 47.6 Å². The zero-order valence-electron chi connectivity index (χ0n) is 9.79. The van der Waals surface area contributed by atoms with Crippen molar-refractivity contribution in [3.63, 3.8) is 0 Å². The predicted octanol–water partition coefficient (Wildman–Crippen LogP) is 1.12. The van der Waals surface area contributed by atoms with Gasteiger partial charge in [-0.05, 0) is 6.92 Å². The minimum Gasteiger partial charge on any atom is -0.376 e. The molecule has 1 aliphatic heterocycles. The minimum atomic E-state index is -0.431. The molecule has 0 spiro atoms. The largest absolute Gasteiger partial charge is 0.376 e. The van der Waals surface area contributed by atoms with Crippen molar-refractivity contribution in [3.05, 3.63) is 12.2 Å². The molecule has 1 N–H and O–H groups in total. The molecule has 1 rings (SSSR count). The van der Waals surface area contributed by atoms with Crippen LogP contribution in [0.1, 0.15) is 20.8 Å². The fourth-order valence-electron chi connectivity index (χ4n) is 1.03. The fraction of sp³-hybridized carbons (Fsp3) is 0.727. The minimum absolute atomic E-state index is 0.0993. The van der Waals surface area contributed by atoms with Gasteiger partial charge in [0.15, 0.2) is 6.10 Å². The van der Waals surface area contributed by atoms with E-state index in [1.54, 1.807) is 0 Å². The second-order valence-electron chi connectivity index (χ2n) is 2.75. The lowest BCUT2D eigenvalue weighted by Crippen LogP contribution is -2.42. The second-order valence-corrected chi connectivity index (χ2v) is 2.75. The molecule has 0 aromatic carbocycles. The Balaban J connectivity index is 0.000000921. The lowest BCUT2D eigenvalue weighted by atomic mass is 10.3. The van der Waals surface area contributed by atoms with Crippen molar-refractivity contribution in [2.75, 3.05) is 26.4 Å². The Bertz CT molecular complexity index is 186. The van der Waals surface area contributed by atoms with Crippen molar-refractivity contribution in [2.45, 2.75) is 26.9 Å². The summed E-state index contributed by atoms with van der Waals surface area (Å²) in [6.07, 6.45) is 3.33. The van der Waals surface area contributed by atoms with Crippen LogP contribution in [0.3, 0.4) is 0 Å². The number of hydrogen-bond acceptors (Lipinski definition) is 3. The van der Waals surface area contributed by atoms with Crippen molar-refractivity contribution in [2.24, 2.45) is 0 Å². The van der Waals surface area contributed by atoms with Crippen LogP contribution in [0.2, 0.25) is 0 Å². The average Bonchev–Trinajstić information content (AvgIpc) is 2.33. The molecule has 1 amide bonds. The van der Waals surface area contributed by atoms with Crippen molar-refractivity contribution in [1.29, 1.82) is 0 Å². The molecule has 0 aromatic rings. The molecule has 0 aliphatic carbocycles. The van der Waals surface area contributed by atoms with Crippen LogP contribution in [0.4, 0.5) is 0 Å². The van der Waals surface area contributed by atoms with Crippen LogP contribution in [0.25, 0.3) is 0 Å². The van der Waals surface area contributed by atoms with Crippen molar-refractivity contribution in [3.8, 4) is 0 Å². The van der Waals surface area contributed by atoms with E-state index in [4.69, 9.17) is 9.47 Å². The number of amides is 1. The highest BCUT2D eigenvalue weighted by molar-refractivity contribution is 5.81. The maximum absolute atomic E-state index is 11.3. The quantitative estimate of drug-likeness (QED) is 0.718. The van der Waals surface area contributed by atoms with Gasteiger partial charge in [0.1, 0.15) is 0 Å². The van der Waals surface area contributed by atoms with Crippen LogP contribution >= 0.6 is 0 Å². The molecule has 1 saturated heterocycles. The van der Waals surface area contributed by atoms with E-state index in [-0.39, 0.29) is 5.91 Å². The van der Waals surface area contributed by atoms with E-state index < -0.39 is 6.10 Å². The smallest absolute Gasteiger partial charge is 0.251 e. The van der Waals surface area contributed by atoms with E-state index >= 15 is 0 Å². The molecule has 0 aromatic heterocycles. The molecule has 88 valence electrons. The summed E-state index contributed by atoms with van der Waals surface area (Å²) in [4.78, 5) is 11.3. The lowest BCUT2D eigenvalue weighted by molar-refractivity contribution is -0.147. The summed E-state index contributed by atoms with van der Waals surface area (Å²) in [6, 6.07) is 0. The molecule has 15 heavy (non-hydrogen) atoms. The Kier molecular flexibility index (Phi) is 9.11. The van der Waals surface area contributed by atoms with Gasteiger partial charge >= 0.3 is 0 Å². The van der Waals surface area contributed by atoms with Gasteiger partial charge in [0, 0.05) is 6.54 Å². The highest BCUT2D eigenvalue weighted by Crippen LogP contribution is 1.99. The number of rotatable bonds is 3. The van der Waals surface area contributed by atoms with Gasteiger partial charge in [0.05, 0.1) is 19.8 Å². The molecule has 0 bridgehead atoms. The van der Waals surface area contributed by atoms with Crippen LogP contribution in [0.5, 0.6) is 0 Å². The molecule has 1 atom stereocenters. The molecule has 1 heterocycles. The maximum Gasteiger partial charge on any atom is 0.251 e. The number of hydrogen-bond donors (Lipinski definition) is 1. The highest BCUT2D eigenvalue weighted by atomic mass is 16.6. The number of nitrogens with one attached hydrogen (secondary N) is 1. The van der Waals surface area contributed by atoms with Crippen LogP contribution in [-0.4, -0.2) is 38.4 Å². The summed E-state index contributed by atoms with van der Waals surface area (Å²) in [7, 11) is 0. The van der Waals surface area contributed by atoms with Crippen LogP contribution < -0.4 is 5.32 Å². The SMILES string of the molecule is C/C=C/CNC(=O)C1COCCO1.CC. The molecule has 1 unspecified atom stereocenters. The van der Waals surface area contributed by atoms with E-state index in [1.165, 1.54) is 0 Å². The van der Waals surface area contributed by atoms with E-state index in [0.717, 1.165) is 0 Å². The van der Waals surface area contributed by atoms with Crippen LogP contribution in [-0.2, 0) is 14.3 Å². The molecule has 4 nitrogen and oxygen atoms in total. The van der Waals surface area contributed by atoms with Gasteiger partial charge in [-0.15, -0.1) is 0 Å². The van der Waals surface area contributed by atoms with Crippen LogP contribution in [0.15, 0.2) is 12.2 Å². The third-order valence-electron chi connectivity index (χ3n) is 1.74. The molecule has 1 fully saturated rings. The predicted molar refractivity (Wildman–Crippen MR) is 59.7 cm³/mol. The van der Waals surface area contributed by atoms with Gasteiger partial charge in [0.25, 0.3) is 5.91 Å². The summed E-state index contributed by atoms with van der Waals surface area (Å²) in [5, 5.41) is 2.72. The van der Waals surface area contributed by atoms with Gasteiger partial charge in [-0.3, -0.25) is 4.79 Å². The Labute approximate surface area is 91.6 Å². The number of carbonyl (C=O) groups excluding carboxylic acids is 1. The Hall–Kier alpha value is -0.870. The van der Waals surface area contributed by atoms with Gasteiger partial charge in [-0.1, -0.05) is 26.0 Å². The fourth-order valence-corrected chi connectivity index (χ4v) is 1.03. The lowest BCUT2D eigenvalue weighted by Gasteiger charge is -2.21. The average molecular weight is 215 g/mol. The summed E-state index contributed by atoms with van der Waals surface area (Å²) >= 11 is 0. The summed E-state index contributed by atoms with van der Waals surface area (Å²) in [5.41, 5.74) is 0. The number of ether oxygens (including phenoxy) is 2. The third-order valence-corrected chi connectivity index (χ3v) is 1.74. The monoisotopic (exact) mass is 215 g/mol. The summed E-state index contributed by atoms with van der Waals surface area (Å²) in [6.45, 7) is 7.91. The first-order chi connectivity index (χ1) is 7.34. The first-order valence-corrected chi connectivity index (χ1v) is 5.43. The molecule has 4 heteroatoms. The Morgan fingerprint density at radius 1 is 1.47 bits per heavy atom. The molecular weight excluding hydrogens is 194 g/mol. The molecule has 0 radical (unpaired) electrons. The number of carbonyl (C=O) groups is 1. The third kappa shape index (κ3) is 6.25. The highest BCUT2D eigenvalue weighted by Gasteiger charge is 2.21. The Morgan fingerprint density at radius 2 is 2.20 bits per heavy atom. The first-order valence-electron chi connectivity index (χ1n) is 5.43. The van der Waals surface area contributed by atoms with Gasteiger partial charge in [-0.2, -0.15) is 0 Å². The van der Waals surface area contributed by atoms with E-state index in [2.05, 4.69) is 5.32 Å². The van der Waals surface area contributed by atoms with E-state index in [1.807, 2.05) is 32.9 Å². The second kappa shape index (κ2) is 9.68. The zero-order valence-corrected chi connectivity index (χ0v) is 9.79. The van der Waals surface area contributed by atoms with Crippen LogP contribution in [0, 0.1) is 0 Å². The normalized spacial score (nSPS) is 20.6.